The van der Waals surface area contributed by atoms with Gasteiger partial charge in [0, 0.05) is 75.3 Å². The summed E-state index contributed by atoms with van der Waals surface area (Å²) in [4.78, 5) is 15.0. The molecule has 63 heavy (non-hydrogen) atoms. The highest BCUT2D eigenvalue weighted by atomic mass is 32.1. The van der Waals surface area contributed by atoms with Crippen molar-refractivity contribution < 1.29 is 0 Å². The Bertz CT molecular complexity index is 3830. The Hall–Kier alpha value is -8.19. The predicted molar refractivity (Wildman–Crippen MR) is 263 cm³/mol. The van der Waals surface area contributed by atoms with Crippen molar-refractivity contribution in [3.63, 3.8) is 0 Å². The summed E-state index contributed by atoms with van der Waals surface area (Å²) in [6.45, 7) is 0. The number of fused-ring (bicyclic) bond motifs is 9. The van der Waals surface area contributed by atoms with Crippen molar-refractivity contribution in [1.29, 1.82) is 0 Å². The molecule has 0 amide bonds. The molecule has 294 valence electrons. The van der Waals surface area contributed by atoms with Crippen LogP contribution in [0.3, 0.4) is 0 Å². The summed E-state index contributed by atoms with van der Waals surface area (Å²) in [5, 5.41) is 7.46. The van der Waals surface area contributed by atoms with Crippen molar-refractivity contribution in [2.75, 3.05) is 0 Å². The van der Waals surface area contributed by atoms with Crippen LogP contribution in [0, 0.1) is 0 Å². The Morgan fingerprint density at radius 1 is 0.302 bits per heavy atom. The second kappa shape index (κ2) is 14.2. The van der Waals surface area contributed by atoms with Crippen LogP contribution >= 0.6 is 11.3 Å². The van der Waals surface area contributed by atoms with Gasteiger partial charge >= 0.3 is 0 Å². The molecule has 0 saturated carbocycles. The highest BCUT2D eigenvalue weighted by molar-refractivity contribution is 7.26. The van der Waals surface area contributed by atoms with Crippen LogP contribution in [-0.4, -0.2) is 24.1 Å². The molecule has 0 bridgehead atoms. The number of aromatic nitrogens is 5. The van der Waals surface area contributed by atoms with Crippen molar-refractivity contribution in [1.82, 2.24) is 24.1 Å². The van der Waals surface area contributed by atoms with Gasteiger partial charge in [-0.25, -0.2) is 15.0 Å². The number of benzene rings is 9. The van der Waals surface area contributed by atoms with E-state index < -0.39 is 0 Å². The fourth-order valence-electron chi connectivity index (χ4n) is 9.46. The summed E-state index contributed by atoms with van der Waals surface area (Å²) in [6.07, 6.45) is 0. The van der Waals surface area contributed by atoms with Gasteiger partial charge in [-0.05, 0) is 60.2 Å². The molecule has 0 unspecified atom stereocenters. The molecule has 0 aliphatic heterocycles. The van der Waals surface area contributed by atoms with E-state index in [4.69, 9.17) is 15.0 Å². The average Bonchev–Trinajstić information content (AvgIpc) is 4.01. The Kier molecular flexibility index (Phi) is 8.01. The first-order valence-corrected chi connectivity index (χ1v) is 22.0. The SMILES string of the molecule is c1ccc(-c2nc(-c3ccccc3)nc(-c3ccc(-c4cc(-n5c6ccccc6c6cc7c8ccccc8n(-c8ccccc8)c7cc65)cc5c4sc4ccccc45)cc3)n2)cc1. The summed E-state index contributed by atoms with van der Waals surface area (Å²) in [5.74, 6) is 1.94. The zero-order valence-corrected chi connectivity index (χ0v) is 34.7. The zero-order chi connectivity index (χ0) is 41.4. The molecule has 0 aliphatic carbocycles. The van der Waals surface area contributed by atoms with Gasteiger partial charge in [-0.3, -0.25) is 0 Å². The Morgan fingerprint density at radius 2 is 0.762 bits per heavy atom. The van der Waals surface area contributed by atoms with Crippen LogP contribution in [0.1, 0.15) is 0 Å². The molecule has 4 heterocycles. The van der Waals surface area contributed by atoms with Gasteiger partial charge in [-0.1, -0.05) is 158 Å². The van der Waals surface area contributed by atoms with E-state index in [1.807, 2.05) is 72.0 Å². The molecule has 6 heteroatoms. The molecule has 4 aromatic heterocycles. The number of thiophene rings is 1. The van der Waals surface area contributed by atoms with Crippen LogP contribution in [0.5, 0.6) is 0 Å². The smallest absolute Gasteiger partial charge is 0.164 e. The second-order valence-corrected chi connectivity index (χ2v) is 17.1. The summed E-state index contributed by atoms with van der Waals surface area (Å²) >= 11 is 1.85. The molecule has 0 saturated heterocycles. The topological polar surface area (TPSA) is 48.5 Å². The number of para-hydroxylation sites is 3. The molecule has 0 atom stereocenters. The molecule has 9 aromatic carbocycles. The first-order valence-electron chi connectivity index (χ1n) is 21.2. The van der Waals surface area contributed by atoms with E-state index in [1.165, 1.54) is 69.3 Å². The van der Waals surface area contributed by atoms with E-state index in [9.17, 15) is 0 Å². The minimum absolute atomic E-state index is 0.638. The third-order valence-corrected chi connectivity index (χ3v) is 13.6. The maximum absolute atomic E-state index is 5.02. The van der Waals surface area contributed by atoms with Crippen LogP contribution in [-0.2, 0) is 0 Å². The average molecular weight is 822 g/mol. The maximum Gasteiger partial charge on any atom is 0.164 e. The molecule has 0 spiro atoms. The number of hydrogen-bond donors (Lipinski definition) is 0. The Labute approximate surface area is 366 Å². The summed E-state index contributed by atoms with van der Waals surface area (Å²) < 4.78 is 7.41. The van der Waals surface area contributed by atoms with Crippen molar-refractivity contribution in [3.8, 4) is 56.7 Å². The molecule has 13 aromatic rings. The van der Waals surface area contributed by atoms with E-state index >= 15 is 0 Å². The van der Waals surface area contributed by atoms with Gasteiger partial charge < -0.3 is 9.13 Å². The highest BCUT2D eigenvalue weighted by Gasteiger charge is 2.21. The molecule has 0 fully saturated rings. The minimum atomic E-state index is 0.638. The van der Waals surface area contributed by atoms with Gasteiger partial charge in [0.05, 0.1) is 22.1 Å². The van der Waals surface area contributed by atoms with E-state index in [1.54, 1.807) is 0 Å². The standard InChI is InChI=1S/C57H35N5S/c1-4-16-37(17-5-1)55-58-56(38-18-6-2-7-19-38)60-57(59-55)39-30-28-36(29-31-39)45-32-41(33-48-44-24-12-15-27-53(44)63-54(45)48)62-50-26-14-11-23-43(50)47-34-46-42-22-10-13-25-49(42)61(51(46)35-52(47)62)40-20-8-3-9-21-40/h1-35H. The number of nitrogens with zero attached hydrogens (tertiary/aromatic N) is 5. The molecular formula is C57H35N5S. The van der Waals surface area contributed by atoms with Crippen LogP contribution in [0.4, 0.5) is 0 Å². The van der Waals surface area contributed by atoms with E-state index in [0.29, 0.717) is 17.5 Å². The van der Waals surface area contributed by atoms with Crippen molar-refractivity contribution >= 4 is 75.1 Å². The summed E-state index contributed by atoms with van der Waals surface area (Å²) in [7, 11) is 0. The van der Waals surface area contributed by atoms with Gasteiger partial charge in [0.25, 0.3) is 0 Å². The van der Waals surface area contributed by atoms with Crippen LogP contribution in [0.25, 0.3) is 120 Å². The van der Waals surface area contributed by atoms with Crippen molar-refractivity contribution in [2.24, 2.45) is 0 Å². The Morgan fingerprint density at radius 3 is 1.35 bits per heavy atom. The molecule has 0 radical (unpaired) electrons. The van der Waals surface area contributed by atoms with Crippen LogP contribution in [0.15, 0.2) is 212 Å². The minimum Gasteiger partial charge on any atom is -0.309 e. The molecule has 0 aliphatic rings. The highest BCUT2D eigenvalue weighted by Crippen LogP contribution is 2.45. The first kappa shape index (κ1) is 35.6. The predicted octanol–water partition coefficient (Wildman–Crippen LogP) is 15.1. The maximum atomic E-state index is 5.02. The summed E-state index contributed by atoms with van der Waals surface area (Å²) in [6, 6.07) is 75.7. The zero-order valence-electron chi connectivity index (χ0n) is 33.9. The molecule has 13 rings (SSSR count). The third kappa shape index (κ3) is 5.73. The van der Waals surface area contributed by atoms with E-state index in [0.717, 1.165) is 33.6 Å². The fraction of sp³-hybridized carbons (Fsp3) is 0. The molecule has 5 nitrogen and oxygen atoms in total. The quantitative estimate of drug-likeness (QED) is 0.168. The lowest BCUT2D eigenvalue weighted by Crippen LogP contribution is -2.00. The van der Waals surface area contributed by atoms with Gasteiger partial charge in [-0.15, -0.1) is 11.3 Å². The van der Waals surface area contributed by atoms with Crippen LogP contribution < -0.4 is 0 Å². The monoisotopic (exact) mass is 821 g/mol. The van der Waals surface area contributed by atoms with Gasteiger partial charge in [0.2, 0.25) is 0 Å². The largest absolute Gasteiger partial charge is 0.309 e. The van der Waals surface area contributed by atoms with Gasteiger partial charge in [-0.2, -0.15) is 0 Å². The van der Waals surface area contributed by atoms with Gasteiger partial charge in [0.1, 0.15) is 0 Å². The normalized spacial score (nSPS) is 11.8. The van der Waals surface area contributed by atoms with Crippen LogP contribution in [0.2, 0.25) is 0 Å². The fourth-order valence-corrected chi connectivity index (χ4v) is 10.7. The number of rotatable bonds is 6. The van der Waals surface area contributed by atoms with E-state index in [2.05, 4.69) is 161 Å². The number of hydrogen-bond acceptors (Lipinski definition) is 4. The van der Waals surface area contributed by atoms with Crippen molar-refractivity contribution in [2.45, 2.75) is 0 Å². The first-order chi connectivity index (χ1) is 31.2. The third-order valence-electron chi connectivity index (χ3n) is 12.4. The lowest BCUT2D eigenvalue weighted by molar-refractivity contribution is 1.07. The van der Waals surface area contributed by atoms with Gasteiger partial charge in [0.15, 0.2) is 17.5 Å². The lowest BCUT2D eigenvalue weighted by Gasteiger charge is -2.13. The Balaban J connectivity index is 1.03. The summed E-state index contributed by atoms with van der Waals surface area (Å²) in [5.41, 5.74) is 12.1. The van der Waals surface area contributed by atoms with Crippen molar-refractivity contribution in [3.05, 3.63) is 212 Å². The lowest BCUT2D eigenvalue weighted by atomic mass is 10.00. The second-order valence-electron chi connectivity index (χ2n) is 16.0. The molecule has 0 N–H and O–H groups in total. The molecular weight excluding hydrogens is 787 g/mol. The van der Waals surface area contributed by atoms with E-state index in [-0.39, 0.29) is 0 Å².